The van der Waals surface area contributed by atoms with Crippen molar-refractivity contribution in [1.82, 2.24) is 10.2 Å². The van der Waals surface area contributed by atoms with Crippen molar-refractivity contribution < 1.29 is 4.79 Å². The number of amides is 1. The first-order valence-electron chi connectivity index (χ1n) is 5.21. The number of rotatable bonds is 4. The molecule has 0 saturated carbocycles. The minimum absolute atomic E-state index is 0.267. The smallest absolute Gasteiger partial charge is 0.222 e. The Morgan fingerprint density at radius 2 is 2.43 bits per heavy atom. The van der Waals surface area contributed by atoms with Crippen LogP contribution in [0.25, 0.3) is 0 Å². The fourth-order valence-electron chi connectivity index (χ4n) is 1.67. The van der Waals surface area contributed by atoms with E-state index in [4.69, 9.17) is 0 Å². The largest absolute Gasteiger partial charge is 0.344 e. The summed E-state index contributed by atoms with van der Waals surface area (Å²) in [5.74, 6) is 0.267. The lowest BCUT2D eigenvalue weighted by Gasteiger charge is -2.30. The topological polar surface area (TPSA) is 32.3 Å². The number of carbonyl (C=O) groups is 1. The van der Waals surface area contributed by atoms with Crippen molar-refractivity contribution in [1.29, 1.82) is 0 Å². The second-order valence-corrected chi connectivity index (χ2v) is 4.17. The first-order valence-corrected chi connectivity index (χ1v) is 5.21. The highest BCUT2D eigenvalue weighted by molar-refractivity contribution is 5.76. The Morgan fingerprint density at radius 3 is 3.00 bits per heavy atom. The maximum absolute atomic E-state index is 11.2. The molecule has 0 aliphatic carbocycles. The fraction of sp³-hybridized carbons (Fsp3) is 0.727. The molecule has 1 rings (SSSR count). The van der Waals surface area contributed by atoms with Crippen LogP contribution < -0.4 is 5.32 Å². The van der Waals surface area contributed by atoms with Crippen LogP contribution >= 0.6 is 0 Å². The molecule has 80 valence electrons. The molecule has 14 heavy (non-hydrogen) atoms. The molecule has 0 aromatic rings. The van der Waals surface area contributed by atoms with E-state index in [0.29, 0.717) is 12.5 Å². The van der Waals surface area contributed by atoms with Crippen LogP contribution in [0.5, 0.6) is 0 Å². The second kappa shape index (κ2) is 5.15. The van der Waals surface area contributed by atoms with Crippen LogP contribution in [0.3, 0.4) is 0 Å². The lowest BCUT2D eigenvalue weighted by atomic mass is 10.1. The van der Waals surface area contributed by atoms with Gasteiger partial charge in [-0.05, 0) is 26.3 Å². The van der Waals surface area contributed by atoms with Crippen LogP contribution in [-0.4, -0.2) is 37.0 Å². The predicted octanol–water partition coefficient (Wildman–Crippen LogP) is 1.16. The normalized spacial score (nSPS) is 22.6. The van der Waals surface area contributed by atoms with E-state index in [1.54, 1.807) is 0 Å². The molecule has 1 saturated heterocycles. The Balaban J connectivity index is 2.20. The van der Waals surface area contributed by atoms with E-state index in [1.807, 2.05) is 18.9 Å². The van der Waals surface area contributed by atoms with Gasteiger partial charge >= 0.3 is 0 Å². The number of hydrogen-bond donors (Lipinski definition) is 1. The van der Waals surface area contributed by atoms with Crippen molar-refractivity contribution in [3.63, 3.8) is 0 Å². The summed E-state index contributed by atoms with van der Waals surface area (Å²) < 4.78 is 0. The number of likely N-dealkylation sites (N-methyl/N-ethyl adjacent to an activating group) is 1. The molecule has 0 aromatic carbocycles. The van der Waals surface area contributed by atoms with Crippen LogP contribution in [0.15, 0.2) is 12.2 Å². The zero-order valence-corrected chi connectivity index (χ0v) is 9.18. The van der Waals surface area contributed by atoms with Gasteiger partial charge in [-0.15, -0.1) is 6.58 Å². The molecular formula is C11H20N2O. The molecule has 1 fully saturated rings. The lowest BCUT2D eigenvalue weighted by molar-refractivity contribution is -0.132. The third kappa shape index (κ3) is 3.50. The summed E-state index contributed by atoms with van der Waals surface area (Å²) in [6, 6.07) is 0.469. The van der Waals surface area contributed by atoms with Gasteiger partial charge < -0.3 is 10.2 Å². The number of carbonyl (C=O) groups excluding carboxylic acids is 1. The second-order valence-electron chi connectivity index (χ2n) is 4.17. The zero-order chi connectivity index (χ0) is 10.6. The van der Waals surface area contributed by atoms with E-state index in [9.17, 15) is 4.79 Å². The third-order valence-corrected chi connectivity index (χ3v) is 2.61. The summed E-state index contributed by atoms with van der Waals surface area (Å²) in [6.07, 6.45) is 2.68. The quantitative estimate of drug-likeness (QED) is 0.684. The number of nitrogens with zero attached hydrogens (tertiary/aromatic N) is 1. The van der Waals surface area contributed by atoms with Crippen molar-refractivity contribution in [3.05, 3.63) is 12.2 Å². The molecule has 1 heterocycles. The van der Waals surface area contributed by atoms with Gasteiger partial charge in [0.1, 0.15) is 0 Å². The minimum atomic E-state index is 0.267. The number of hydrogen-bond acceptors (Lipinski definition) is 2. The summed E-state index contributed by atoms with van der Waals surface area (Å²) in [5, 5.41) is 3.45. The van der Waals surface area contributed by atoms with E-state index in [2.05, 4.69) is 11.9 Å². The molecule has 0 radical (unpaired) electrons. The molecule has 0 spiro atoms. The number of likely N-dealkylation sites (tertiary alicyclic amines) is 1. The molecule has 1 amide bonds. The minimum Gasteiger partial charge on any atom is -0.344 e. The van der Waals surface area contributed by atoms with Gasteiger partial charge in [0, 0.05) is 26.1 Å². The molecule has 3 heteroatoms. The molecule has 1 atom stereocenters. The van der Waals surface area contributed by atoms with Gasteiger partial charge in [0.05, 0.1) is 0 Å². The van der Waals surface area contributed by atoms with Crippen LogP contribution in [0.2, 0.25) is 0 Å². The van der Waals surface area contributed by atoms with Crippen molar-refractivity contribution in [2.24, 2.45) is 0 Å². The highest BCUT2D eigenvalue weighted by Gasteiger charge is 2.21. The van der Waals surface area contributed by atoms with E-state index in [1.165, 1.54) is 5.57 Å². The summed E-state index contributed by atoms with van der Waals surface area (Å²) >= 11 is 0. The standard InChI is InChI=1S/C11H20N2O/c1-9(2)6-7-12-10-4-5-11(14)13(3)8-10/h10,12H,1,4-8H2,2-3H3. The Bertz CT molecular complexity index is 225. The first kappa shape index (κ1) is 11.2. The maximum atomic E-state index is 11.2. The van der Waals surface area contributed by atoms with E-state index >= 15 is 0 Å². The highest BCUT2D eigenvalue weighted by Crippen LogP contribution is 2.09. The predicted molar refractivity (Wildman–Crippen MR) is 58.1 cm³/mol. The van der Waals surface area contributed by atoms with Gasteiger partial charge in [-0.3, -0.25) is 4.79 Å². The van der Waals surface area contributed by atoms with Gasteiger partial charge in [-0.1, -0.05) is 5.57 Å². The Kier molecular flexibility index (Phi) is 4.14. The third-order valence-electron chi connectivity index (χ3n) is 2.61. The monoisotopic (exact) mass is 196 g/mol. The summed E-state index contributed by atoms with van der Waals surface area (Å²) in [5.41, 5.74) is 1.21. The van der Waals surface area contributed by atoms with Gasteiger partial charge in [-0.2, -0.15) is 0 Å². The average molecular weight is 196 g/mol. The SMILES string of the molecule is C=C(C)CCNC1CCC(=O)N(C)C1. The Morgan fingerprint density at radius 1 is 1.71 bits per heavy atom. The zero-order valence-electron chi connectivity index (χ0n) is 9.18. The van der Waals surface area contributed by atoms with Gasteiger partial charge in [0.2, 0.25) is 5.91 Å². The van der Waals surface area contributed by atoms with Crippen LogP contribution in [0, 0.1) is 0 Å². The first-order chi connectivity index (χ1) is 6.59. The highest BCUT2D eigenvalue weighted by atomic mass is 16.2. The van der Waals surface area contributed by atoms with Crippen LogP contribution in [0.1, 0.15) is 26.2 Å². The fourth-order valence-corrected chi connectivity index (χ4v) is 1.67. The molecule has 1 unspecified atom stereocenters. The molecule has 1 N–H and O–H groups in total. The molecule has 0 bridgehead atoms. The lowest BCUT2D eigenvalue weighted by Crippen LogP contribution is -2.46. The van der Waals surface area contributed by atoms with Gasteiger partial charge in [-0.25, -0.2) is 0 Å². The van der Waals surface area contributed by atoms with E-state index in [0.717, 1.165) is 25.9 Å². The van der Waals surface area contributed by atoms with Gasteiger partial charge in [0.15, 0.2) is 0 Å². The average Bonchev–Trinajstić information content (AvgIpc) is 2.10. The van der Waals surface area contributed by atoms with Crippen molar-refractivity contribution >= 4 is 5.91 Å². The van der Waals surface area contributed by atoms with Crippen molar-refractivity contribution in [3.8, 4) is 0 Å². The summed E-state index contributed by atoms with van der Waals surface area (Å²) in [4.78, 5) is 13.0. The Hall–Kier alpha value is -0.830. The molecule has 1 aliphatic rings. The van der Waals surface area contributed by atoms with Gasteiger partial charge in [0.25, 0.3) is 0 Å². The van der Waals surface area contributed by atoms with Crippen LogP contribution in [0.4, 0.5) is 0 Å². The van der Waals surface area contributed by atoms with Crippen molar-refractivity contribution in [2.45, 2.75) is 32.2 Å². The molecule has 1 aliphatic heterocycles. The summed E-state index contributed by atoms with van der Waals surface area (Å²) in [6.45, 7) is 7.72. The number of piperidine rings is 1. The van der Waals surface area contributed by atoms with E-state index < -0.39 is 0 Å². The summed E-state index contributed by atoms with van der Waals surface area (Å²) in [7, 11) is 1.87. The molecule has 3 nitrogen and oxygen atoms in total. The van der Waals surface area contributed by atoms with Crippen LogP contribution in [-0.2, 0) is 4.79 Å². The number of nitrogens with one attached hydrogen (secondary N) is 1. The maximum Gasteiger partial charge on any atom is 0.222 e. The molecular weight excluding hydrogens is 176 g/mol. The Labute approximate surface area is 86.2 Å². The van der Waals surface area contributed by atoms with E-state index in [-0.39, 0.29) is 5.91 Å². The molecule has 0 aromatic heterocycles. The van der Waals surface area contributed by atoms with Crippen molar-refractivity contribution in [2.75, 3.05) is 20.1 Å².